The topological polar surface area (TPSA) is 84.5 Å². The van der Waals surface area contributed by atoms with Gasteiger partial charge in [-0.05, 0) is 68.3 Å². The molecule has 2 N–H and O–H groups in total. The van der Waals surface area contributed by atoms with Crippen LogP contribution in [0.5, 0.6) is 5.75 Å². The predicted octanol–water partition coefficient (Wildman–Crippen LogP) is 4.36. The monoisotopic (exact) mass is 436 g/mol. The van der Waals surface area contributed by atoms with Gasteiger partial charge in [-0.3, -0.25) is 4.79 Å². The molecule has 2 aromatic carbocycles. The van der Waals surface area contributed by atoms with E-state index in [1.807, 2.05) is 0 Å². The fraction of sp³-hybridized carbons (Fsp3) is 0.381. The summed E-state index contributed by atoms with van der Waals surface area (Å²) in [5, 5.41) is 3.31. The van der Waals surface area contributed by atoms with E-state index in [1.165, 1.54) is 12.1 Å². The highest BCUT2D eigenvalue weighted by molar-refractivity contribution is 7.89. The summed E-state index contributed by atoms with van der Waals surface area (Å²) < 4.78 is 33.4. The Kier molecular flexibility index (Phi) is 7.16. The Hall–Kier alpha value is -2.09. The summed E-state index contributed by atoms with van der Waals surface area (Å²) in [4.78, 5) is 12.5. The van der Waals surface area contributed by atoms with Crippen LogP contribution in [0.25, 0.3) is 0 Å². The molecule has 0 aromatic heterocycles. The van der Waals surface area contributed by atoms with Crippen molar-refractivity contribution in [2.24, 2.45) is 0 Å². The van der Waals surface area contributed by atoms with Crippen molar-refractivity contribution in [2.45, 2.75) is 56.1 Å². The number of nitrogens with one attached hydrogen (secondary N) is 2. The predicted molar refractivity (Wildman–Crippen MR) is 114 cm³/mol. The number of rotatable bonds is 7. The molecule has 29 heavy (non-hydrogen) atoms. The maximum Gasteiger partial charge on any atom is 0.265 e. The van der Waals surface area contributed by atoms with Gasteiger partial charge in [-0.25, -0.2) is 13.1 Å². The van der Waals surface area contributed by atoms with Gasteiger partial charge in [0.25, 0.3) is 5.91 Å². The number of carbonyl (C=O) groups is 1. The summed E-state index contributed by atoms with van der Waals surface area (Å²) in [5.41, 5.74) is 0.498. The van der Waals surface area contributed by atoms with Crippen LogP contribution in [0.15, 0.2) is 53.4 Å². The Labute approximate surface area is 176 Å². The summed E-state index contributed by atoms with van der Waals surface area (Å²) in [7, 11) is -3.56. The van der Waals surface area contributed by atoms with Crippen LogP contribution < -0.4 is 14.8 Å². The van der Waals surface area contributed by atoms with E-state index in [1.54, 1.807) is 43.3 Å². The molecule has 1 unspecified atom stereocenters. The summed E-state index contributed by atoms with van der Waals surface area (Å²) in [6.45, 7) is 1.64. The van der Waals surface area contributed by atoms with E-state index in [0.717, 1.165) is 32.1 Å². The van der Waals surface area contributed by atoms with E-state index >= 15 is 0 Å². The van der Waals surface area contributed by atoms with Gasteiger partial charge in [-0.1, -0.05) is 30.9 Å². The zero-order valence-electron chi connectivity index (χ0n) is 16.2. The standard InChI is InChI=1S/C21H25ClN2O4S/c1-15(28-19-11-7-16(22)8-12-19)21(25)23-17-9-13-20(14-10-17)29(26,27)24-18-5-3-2-4-6-18/h7-15,18,24H,2-6H2,1H3,(H,23,25). The minimum atomic E-state index is -3.56. The number of hydrogen-bond acceptors (Lipinski definition) is 4. The fourth-order valence-corrected chi connectivity index (χ4v) is 4.67. The Bertz CT molecular complexity index is 924. The third kappa shape index (κ3) is 6.19. The van der Waals surface area contributed by atoms with Crippen molar-refractivity contribution in [3.8, 4) is 5.75 Å². The van der Waals surface area contributed by atoms with Gasteiger partial charge in [-0.15, -0.1) is 0 Å². The lowest BCUT2D eigenvalue weighted by Crippen LogP contribution is -2.36. The molecule has 0 radical (unpaired) electrons. The average Bonchev–Trinajstić information content (AvgIpc) is 2.70. The molecule has 156 valence electrons. The lowest BCUT2D eigenvalue weighted by atomic mass is 9.96. The number of amides is 1. The fourth-order valence-electron chi connectivity index (χ4n) is 3.24. The number of anilines is 1. The van der Waals surface area contributed by atoms with E-state index in [4.69, 9.17) is 16.3 Å². The van der Waals surface area contributed by atoms with Crippen molar-refractivity contribution >= 4 is 33.2 Å². The van der Waals surface area contributed by atoms with Gasteiger partial charge >= 0.3 is 0 Å². The lowest BCUT2D eigenvalue weighted by Gasteiger charge is -2.22. The molecule has 0 aliphatic heterocycles. The van der Waals surface area contributed by atoms with E-state index in [2.05, 4.69) is 10.0 Å². The van der Waals surface area contributed by atoms with Gasteiger partial charge in [0.1, 0.15) is 5.75 Å². The summed E-state index contributed by atoms with van der Waals surface area (Å²) in [6, 6.07) is 12.9. The first kappa shape index (κ1) is 21.6. The van der Waals surface area contributed by atoms with Crippen molar-refractivity contribution in [3.63, 3.8) is 0 Å². The normalized spacial score (nSPS) is 16.2. The van der Waals surface area contributed by atoms with E-state index in [9.17, 15) is 13.2 Å². The van der Waals surface area contributed by atoms with Crippen molar-refractivity contribution in [3.05, 3.63) is 53.6 Å². The molecule has 1 saturated carbocycles. The Morgan fingerprint density at radius 1 is 1.03 bits per heavy atom. The smallest absolute Gasteiger partial charge is 0.265 e. The van der Waals surface area contributed by atoms with Crippen LogP contribution in [-0.2, 0) is 14.8 Å². The summed E-state index contributed by atoms with van der Waals surface area (Å²) in [6.07, 6.45) is 4.28. The summed E-state index contributed by atoms with van der Waals surface area (Å²) in [5.74, 6) is 0.197. The highest BCUT2D eigenvalue weighted by Crippen LogP contribution is 2.21. The second-order valence-corrected chi connectivity index (χ2v) is 9.33. The lowest BCUT2D eigenvalue weighted by molar-refractivity contribution is -0.122. The molecule has 1 amide bonds. The van der Waals surface area contributed by atoms with Crippen LogP contribution in [0.1, 0.15) is 39.0 Å². The molecule has 2 aromatic rings. The van der Waals surface area contributed by atoms with Crippen molar-refractivity contribution in [1.29, 1.82) is 0 Å². The number of benzene rings is 2. The van der Waals surface area contributed by atoms with Crippen LogP contribution >= 0.6 is 11.6 Å². The molecule has 1 fully saturated rings. The maximum absolute atomic E-state index is 12.5. The molecule has 0 bridgehead atoms. The highest BCUT2D eigenvalue weighted by atomic mass is 35.5. The maximum atomic E-state index is 12.5. The van der Waals surface area contributed by atoms with Crippen molar-refractivity contribution in [2.75, 3.05) is 5.32 Å². The first-order valence-corrected chi connectivity index (χ1v) is 11.5. The van der Waals surface area contributed by atoms with E-state index in [-0.39, 0.29) is 16.8 Å². The Balaban J connectivity index is 1.57. The molecule has 1 aliphatic rings. The number of carbonyl (C=O) groups excluding carboxylic acids is 1. The SMILES string of the molecule is CC(Oc1ccc(Cl)cc1)C(=O)Nc1ccc(S(=O)(=O)NC2CCCCC2)cc1. The minimum Gasteiger partial charge on any atom is -0.481 e. The zero-order chi connectivity index (χ0) is 20.9. The van der Waals surface area contributed by atoms with Crippen molar-refractivity contribution < 1.29 is 17.9 Å². The van der Waals surface area contributed by atoms with Gasteiger partial charge in [0, 0.05) is 16.8 Å². The molecular formula is C21H25ClN2O4S. The van der Waals surface area contributed by atoms with Gasteiger partial charge in [-0.2, -0.15) is 0 Å². The minimum absolute atomic E-state index is 0.000930. The zero-order valence-corrected chi connectivity index (χ0v) is 17.8. The van der Waals surface area contributed by atoms with Gasteiger partial charge in [0.2, 0.25) is 10.0 Å². The van der Waals surface area contributed by atoms with Crippen LogP contribution in [0, 0.1) is 0 Å². The number of hydrogen-bond donors (Lipinski definition) is 2. The molecule has 3 rings (SSSR count). The first-order valence-electron chi connectivity index (χ1n) is 9.69. The number of halogens is 1. The highest BCUT2D eigenvalue weighted by Gasteiger charge is 2.22. The van der Waals surface area contributed by atoms with Crippen LogP contribution in [0.3, 0.4) is 0 Å². The number of ether oxygens (including phenoxy) is 1. The largest absolute Gasteiger partial charge is 0.481 e. The molecule has 0 saturated heterocycles. The molecule has 6 nitrogen and oxygen atoms in total. The van der Waals surface area contributed by atoms with E-state index in [0.29, 0.717) is 16.5 Å². The molecule has 1 aliphatic carbocycles. The van der Waals surface area contributed by atoms with Gasteiger partial charge in [0.05, 0.1) is 4.90 Å². The third-order valence-corrected chi connectivity index (χ3v) is 6.64. The Morgan fingerprint density at radius 3 is 2.28 bits per heavy atom. The molecule has 0 heterocycles. The van der Waals surface area contributed by atoms with Gasteiger partial charge in [0.15, 0.2) is 6.10 Å². The van der Waals surface area contributed by atoms with Crippen LogP contribution in [0.2, 0.25) is 5.02 Å². The first-order chi connectivity index (χ1) is 13.8. The second kappa shape index (κ2) is 9.61. The average molecular weight is 437 g/mol. The quantitative estimate of drug-likeness (QED) is 0.675. The van der Waals surface area contributed by atoms with Crippen LogP contribution in [0.4, 0.5) is 5.69 Å². The van der Waals surface area contributed by atoms with E-state index < -0.39 is 16.1 Å². The van der Waals surface area contributed by atoms with Crippen LogP contribution in [-0.4, -0.2) is 26.5 Å². The number of sulfonamides is 1. The Morgan fingerprint density at radius 2 is 1.66 bits per heavy atom. The summed E-state index contributed by atoms with van der Waals surface area (Å²) >= 11 is 5.84. The molecule has 1 atom stereocenters. The second-order valence-electron chi connectivity index (χ2n) is 7.18. The molecule has 8 heteroatoms. The third-order valence-electron chi connectivity index (χ3n) is 4.85. The van der Waals surface area contributed by atoms with Crippen molar-refractivity contribution in [1.82, 2.24) is 4.72 Å². The molecular weight excluding hydrogens is 412 g/mol. The molecule has 0 spiro atoms. The van der Waals surface area contributed by atoms with Gasteiger partial charge < -0.3 is 10.1 Å².